The summed E-state index contributed by atoms with van der Waals surface area (Å²) in [6, 6.07) is 0. The van der Waals surface area contributed by atoms with Gasteiger partial charge in [0.1, 0.15) is 0 Å². The van der Waals surface area contributed by atoms with Crippen LogP contribution in [0.5, 0.6) is 0 Å². The second-order valence-corrected chi connectivity index (χ2v) is 3.27. The van der Waals surface area contributed by atoms with Crippen molar-refractivity contribution in [2.75, 3.05) is 0 Å². The van der Waals surface area contributed by atoms with Crippen molar-refractivity contribution in [1.29, 1.82) is 0 Å². The Kier molecular flexibility index (Phi) is 2.05. The first kappa shape index (κ1) is 6.54. The van der Waals surface area contributed by atoms with Gasteiger partial charge in [0.2, 0.25) is 11.2 Å². The molecule has 1 aromatic heterocycles. The highest BCUT2D eigenvalue weighted by Crippen LogP contribution is 2.21. The standard InChI is InChI=1S/C3BrN3OS/c4-2-6-7-3(9-2)5-1-8. The van der Waals surface area contributed by atoms with E-state index in [2.05, 4.69) is 31.1 Å². The number of hydrogen-bond acceptors (Lipinski definition) is 5. The predicted octanol–water partition coefficient (Wildman–Crippen LogP) is 1.27. The summed E-state index contributed by atoms with van der Waals surface area (Å²) in [5, 5.41) is 7.36. The van der Waals surface area contributed by atoms with Crippen molar-refractivity contribution in [3.8, 4) is 0 Å². The molecule has 4 nitrogen and oxygen atoms in total. The van der Waals surface area contributed by atoms with Crippen LogP contribution in [0.25, 0.3) is 0 Å². The molecule has 0 fully saturated rings. The molecule has 0 aliphatic rings. The van der Waals surface area contributed by atoms with Gasteiger partial charge >= 0.3 is 0 Å². The highest BCUT2D eigenvalue weighted by Gasteiger charge is 1.95. The molecule has 0 atom stereocenters. The van der Waals surface area contributed by atoms with Crippen LogP contribution in [0.4, 0.5) is 5.13 Å². The first-order valence-electron chi connectivity index (χ1n) is 1.90. The van der Waals surface area contributed by atoms with E-state index in [0.717, 1.165) is 0 Å². The van der Waals surface area contributed by atoms with Crippen molar-refractivity contribution in [2.45, 2.75) is 0 Å². The van der Waals surface area contributed by atoms with Gasteiger partial charge in [0.05, 0.1) is 0 Å². The molecule has 1 rings (SSSR count). The fourth-order valence-corrected chi connectivity index (χ4v) is 1.19. The molecule has 0 spiro atoms. The maximum absolute atomic E-state index is 9.62. The van der Waals surface area contributed by atoms with Gasteiger partial charge < -0.3 is 0 Å². The van der Waals surface area contributed by atoms with Gasteiger partial charge in [-0.2, -0.15) is 0 Å². The second kappa shape index (κ2) is 2.82. The average molecular weight is 206 g/mol. The summed E-state index contributed by atoms with van der Waals surface area (Å²) in [6.07, 6.45) is 1.36. The van der Waals surface area contributed by atoms with Gasteiger partial charge in [-0.05, 0) is 15.9 Å². The van der Waals surface area contributed by atoms with E-state index < -0.39 is 0 Å². The van der Waals surface area contributed by atoms with E-state index in [1.807, 2.05) is 0 Å². The van der Waals surface area contributed by atoms with Gasteiger partial charge in [0.15, 0.2) is 3.92 Å². The van der Waals surface area contributed by atoms with Crippen LogP contribution < -0.4 is 0 Å². The molecule has 1 aromatic rings. The number of isocyanates is 1. The molecule has 0 aliphatic heterocycles. The molecule has 0 unspecified atom stereocenters. The van der Waals surface area contributed by atoms with E-state index in [1.54, 1.807) is 0 Å². The van der Waals surface area contributed by atoms with E-state index in [4.69, 9.17) is 0 Å². The zero-order chi connectivity index (χ0) is 6.69. The minimum atomic E-state index is 0.317. The Morgan fingerprint density at radius 2 is 2.44 bits per heavy atom. The van der Waals surface area contributed by atoms with Crippen LogP contribution in [-0.4, -0.2) is 16.3 Å². The van der Waals surface area contributed by atoms with Gasteiger partial charge in [-0.3, -0.25) is 0 Å². The molecule has 0 saturated heterocycles. The van der Waals surface area contributed by atoms with E-state index in [9.17, 15) is 4.79 Å². The fraction of sp³-hybridized carbons (Fsp3) is 0. The zero-order valence-electron chi connectivity index (χ0n) is 4.04. The summed E-state index contributed by atoms with van der Waals surface area (Å²) in [4.78, 5) is 12.9. The van der Waals surface area contributed by atoms with Gasteiger partial charge in [-0.15, -0.1) is 15.2 Å². The summed E-state index contributed by atoms with van der Waals surface area (Å²) in [5.41, 5.74) is 0. The Balaban J connectivity index is 2.97. The summed E-state index contributed by atoms with van der Waals surface area (Å²) in [7, 11) is 0. The number of halogens is 1. The number of hydrogen-bond donors (Lipinski definition) is 0. The molecular formula is C3BrN3OS. The maximum atomic E-state index is 9.62. The Hall–Kier alpha value is -0.580. The van der Waals surface area contributed by atoms with Gasteiger partial charge in [0, 0.05) is 0 Å². The fourth-order valence-electron chi connectivity index (χ4n) is 0.282. The van der Waals surface area contributed by atoms with Gasteiger partial charge in [-0.25, -0.2) is 4.79 Å². The largest absolute Gasteiger partial charge is 0.243 e. The van der Waals surface area contributed by atoms with Crippen LogP contribution >= 0.6 is 27.3 Å². The van der Waals surface area contributed by atoms with Crippen molar-refractivity contribution in [3.05, 3.63) is 3.92 Å². The summed E-state index contributed by atoms with van der Waals surface area (Å²) in [5.74, 6) is 0. The Morgan fingerprint density at radius 3 is 2.89 bits per heavy atom. The van der Waals surface area contributed by atoms with Crippen molar-refractivity contribution in [1.82, 2.24) is 10.2 Å². The van der Waals surface area contributed by atoms with Gasteiger partial charge in [0.25, 0.3) is 0 Å². The van der Waals surface area contributed by atoms with Gasteiger partial charge in [-0.1, -0.05) is 11.3 Å². The highest BCUT2D eigenvalue weighted by atomic mass is 79.9. The normalized spacial score (nSPS) is 8.56. The zero-order valence-corrected chi connectivity index (χ0v) is 6.44. The van der Waals surface area contributed by atoms with Crippen molar-refractivity contribution >= 4 is 38.5 Å². The number of aliphatic imine (C=N–C) groups is 1. The Bertz CT molecular complexity index is 253. The molecule has 0 saturated carbocycles. The first-order chi connectivity index (χ1) is 4.33. The summed E-state index contributed by atoms with van der Waals surface area (Å²) in [6.45, 7) is 0. The topological polar surface area (TPSA) is 55.2 Å². The third-order valence-corrected chi connectivity index (χ3v) is 1.78. The molecule has 0 N–H and O–H groups in total. The number of nitrogens with zero attached hydrogens (tertiary/aromatic N) is 3. The van der Waals surface area contributed by atoms with E-state index in [0.29, 0.717) is 9.05 Å². The molecule has 0 bridgehead atoms. The molecule has 0 aromatic carbocycles. The minimum absolute atomic E-state index is 0.317. The molecule has 1 heterocycles. The maximum Gasteiger partial charge on any atom is 0.243 e. The lowest BCUT2D eigenvalue weighted by Gasteiger charge is -1.66. The van der Waals surface area contributed by atoms with Crippen LogP contribution in [0.1, 0.15) is 0 Å². The molecule has 9 heavy (non-hydrogen) atoms. The third kappa shape index (κ3) is 1.67. The van der Waals surface area contributed by atoms with Crippen LogP contribution in [0.2, 0.25) is 0 Å². The van der Waals surface area contributed by atoms with E-state index in [-0.39, 0.29) is 0 Å². The monoisotopic (exact) mass is 205 g/mol. The first-order valence-corrected chi connectivity index (χ1v) is 3.51. The smallest absolute Gasteiger partial charge is 0.211 e. The lowest BCUT2D eigenvalue weighted by atomic mass is 11.2. The molecule has 6 heteroatoms. The summed E-state index contributed by atoms with van der Waals surface area (Å²) >= 11 is 4.23. The van der Waals surface area contributed by atoms with E-state index in [1.165, 1.54) is 17.4 Å². The Morgan fingerprint density at radius 1 is 1.67 bits per heavy atom. The van der Waals surface area contributed by atoms with Crippen molar-refractivity contribution < 1.29 is 4.79 Å². The predicted molar refractivity (Wildman–Crippen MR) is 35.4 cm³/mol. The van der Waals surface area contributed by atoms with Crippen LogP contribution in [-0.2, 0) is 4.79 Å². The average Bonchev–Trinajstić information content (AvgIpc) is 2.17. The molecule has 46 valence electrons. The number of carbonyl (C=O) groups excluding carboxylic acids is 1. The van der Waals surface area contributed by atoms with E-state index >= 15 is 0 Å². The quantitative estimate of drug-likeness (QED) is 0.513. The molecule has 0 amide bonds. The highest BCUT2D eigenvalue weighted by molar-refractivity contribution is 9.11. The van der Waals surface area contributed by atoms with Crippen molar-refractivity contribution in [3.63, 3.8) is 0 Å². The molecule has 0 aliphatic carbocycles. The minimum Gasteiger partial charge on any atom is -0.211 e. The lowest BCUT2D eigenvalue weighted by molar-refractivity contribution is 0.565. The van der Waals surface area contributed by atoms with Crippen LogP contribution in [0.3, 0.4) is 0 Å². The number of rotatable bonds is 1. The summed E-state index contributed by atoms with van der Waals surface area (Å²) < 4.78 is 0.608. The van der Waals surface area contributed by atoms with Crippen LogP contribution in [0.15, 0.2) is 8.91 Å². The molecular weight excluding hydrogens is 206 g/mol. The Labute approximate surface area is 62.8 Å². The van der Waals surface area contributed by atoms with Crippen molar-refractivity contribution in [2.24, 2.45) is 4.99 Å². The lowest BCUT2D eigenvalue weighted by Crippen LogP contribution is -1.63. The molecule has 0 radical (unpaired) electrons. The number of aromatic nitrogens is 2. The third-order valence-electron chi connectivity index (χ3n) is 0.531. The van der Waals surface area contributed by atoms with Crippen LogP contribution in [0, 0.1) is 0 Å². The second-order valence-electron chi connectivity index (χ2n) is 1.04. The SMILES string of the molecule is O=C=Nc1nnc(Br)s1.